The zero-order chi connectivity index (χ0) is 17.5. The maximum atomic E-state index is 12.7. The highest BCUT2D eigenvalue weighted by Gasteiger charge is 2.35. The highest BCUT2D eigenvalue weighted by molar-refractivity contribution is 5.92. The standard InChI is InChI=1S/C15H17F3N4O2/c1-8-13(24-9(2)20-8)14(23)19-5-10-3-4-12-21-11(15(16,17)18)7-22(12)6-10/h7,10H,3-6H2,1-2H3,(H,19,23)/t10-/m0/s1. The highest BCUT2D eigenvalue weighted by Crippen LogP contribution is 2.30. The zero-order valence-corrected chi connectivity index (χ0v) is 13.3. The van der Waals surface area contributed by atoms with E-state index in [9.17, 15) is 18.0 Å². The van der Waals surface area contributed by atoms with Crippen LogP contribution in [0.25, 0.3) is 0 Å². The second-order valence-corrected chi connectivity index (χ2v) is 5.95. The number of fused-ring (bicyclic) bond motifs is 1. The Morgan fingerprint density at radius 2 is 2.17 bits per heavy atom. The molecule has 0 saturated carbocycles. The van der Waals surface area contributed by atoms with Crippen LogP contribution in [0, 0.1) is 19.8 Å². The maximum absolute atomic E-state index is 12.7. The molecule has 0 saturated heterocycles. The van der Waals surface area contributed by atoms with Crippen LogP contribution in [0.2, 0.25) is 0 Å². The SMILES string of the molecule is Cc1nc(C)c(C(=O)NC[C@@H]2CCc3nc(C(F)(F)F)cn3C2)o1. The minimum atomic E-state index is -4.43. The Kier molecular flexibility index (Phi) is 4.10. The van der Waals surface area contributed by atoms with Gasteiger partial charge in [-0.05, 0) is 19.3 Å². The molecule has 1 amide bonds. The molecule has 0 fully saturated rings. The summed E-state index contributed by atoms with van der Waals surface area (Å²) in [6.45, 7) is 4.09. The first-order chi connectivity index (χ1) is 11.2. The van der Waals surface area contributed by atoms with Crippen LogP contribution in [0.15, 0.2) is 10.6 Å². The highest BCUT2D eigenvalue weighted by atomic mass is 19.4. The van der Waals surface area contributed by atoms with Gasteiger partial charge in [0.25, 0.3) is 5.91 Å². The number of rotatable bonds is 3. The summed E-state index contributed by atoms with van der Waals surface area (Å²) < 4.78 is 44.9. The van der Waals surface area contributed by atoms with E-state index in [0.717, 1.165) is 6.20 Å². The first-order valence-corrected chi connectivity index (χ1v) is 7.59. The molecular formula is C15H17F3N4O2. The van der Waals surface area contributed by atoms with Gasteiger partial charge in [-0.2, -0.15) is 13.2 Å². The molecule has 24 heavy (non-hydrogen) atoms. The second kappa shape index (κ2) is 5.95. The number of nitrogens with one attached hydrogen (secondary N) is 1. The monoisotopic (exact) mass is 342 g/mol. The van der Waals surface area contributed by atoms with Crippen molar-refractivity contribution >= 4 is 5.91 Å². The average molecular weight is 342 g/mol. The smallest absolute Gasteiger partial charge is 0.434 e. The molecular weight excluding hydrogens is 325 g/mol. The lowest BCUT2D eigenvalue weighted by atomic mass is 9.99. The maximum Gasteiger partial charge on any atom is 0.434 e. The number of alkyl halides is 3. The van der Waals surface area contributed by atoms with Gasteiger partial charge in [0.2, 0.25) is 5.76 Å². The third-order valence-corrected chi connectivity index (χ3v) is 4.04. The number of hydrogen-bond acceptors (Lipinski definition) is 4. The zero-order valence-electron chi connectivity index (χ0n) is 13.3. The lowest BCUT2D eigenvalue weighted by Gasteiger charge is -2.23. The quantitative estimate of drug-likeness (QED) is 0.930. The fourth-order valence-corrected chi connectivity index (χ4v) is 2.88. The fourth-order valence-electron chi connectivity index (χ4n) is 2.88. The predicted molar refractivity (Wildman–Crippen MR) is 77.4 cm³/mol. The van der Waals surface area contributed by atoms with Gasteiger partial charge >= 0.3 is 6.18 Å². The van der Waals surface area contributed by atoms with E-state index < -0.39 is 11.9 Å². The second-order valence-electron chi connectivity index (χ2n) is 5.95. The molecule has 2 aromatic heterocycles. The molecule has 1 aliphatic rings. The Morgan fingerprint density at radius 1 is 1.42 bits per heavy atom. The summed E-state index contributed by atoms with van der Waals surface area (Å²) in [6.07, 6.45) is -2.27. The first kappa shape index (κ1) is 16.5. The van der Waals surface area contributed by atoms with E-state index in [0.29, 0.717) is 43.3 Å². The van der Waals surface area contributed by atoms with Crippen LogP contribution in [0.4, 0.5) is 13.2 Å². The topological polar surface area (TPSA) is 73.0 Å². The normalized spacial score (nSPS) is 17.6. The van der Waals surface area contributed by atoms with Crippen LogP contribution in [0.3, 0.4) is 0 Å². The Balaban J connectivity index is 1.61. The van der Waals surface area contributed by atoms with Crippen molar-refractivity contribution in [1.29, 1.82) is 0 Å². The first-order valence-electron chi connectivity index (χ1n) is 7.59. The number of carbonyl (C=O) groups is 1. The number of halogens is 3. The molecule has 3 rings (SSSR count). The summed E-state index contributed by atoms with van der Waals surface area (Å²) in [6, 6.07) is 0. The van der Waals surface area contributed by atoms with Crippen LogP contribution in [-0.4, -0.2) is 27.0 Å². The van der Waals surface area contributed by atoms with Crippen LogP contribution >= 0.6 is 0 Å². The molecule has 0 bridgehead atoms. The molecule has 0 unspecified atom stereocenters. The van der Waals surface area contributed by atoms with E-state index in [1.807, 2.05) is 0 Å². The van der Waals surface area contributed by atoms with Crippen molar-refractivity contribution < 1.29 is 22.4 Å². The number of oxazole rings is 1. The van der Waals surface area contributed by atoms with E-state index in [-0.39, 0.29) is 17.6 Å². The van der Waals surface area contributed by atoms with Gasteiger partial charge in [-0.25, -0.2) is 9.97 Å². The Morgan fingerprint density at radius 3 is 2.79 bits per heavy atom. The Hall–Kier alpha value is -2.32. The number of amides is 1. The van der Waals surface area contributed by atoms with E-state index in [1.165, 1.54) is 4.57 Å². The molecule has 1 N–H and O–H groups in total. The van der Waals surface area contributed by atoms with Gasteiger partial charge in [-0.15, -0.1) is 0 Å². The Labute approximate surface area is 136 Å². The number of aromatic nitrogens is 3. The summed E-state index contributed by atoms with van der Waals surface area (Å²) in [7, 11) is 0. The van der Waals surface area contributed by atoms with Crippen LogP contribution in [0.1, 0.15) is 40.1 Å². The molecule has 0 spiro atoms. The van der Waals surface area contributed by atoms with Crippen LogP contribution in [0.5, 0.6) is 0 Å². The van der Waals surface area contributed by atoms with Crippen molar-refractivity contribution in [3.05, 3.63) is 35.1 Å². The fraction of sp³-hybridized carbons (Fsp3) is 0.533. The molecule has 3 heterocycles. The molecule has 130 valence electrons. The van der Waals surface area contributed by atoms with Gasteiger partial charge in [-0.3, -0.25) is 4.79 Å². The lowest BCUT2D eigenvalue weighted by molar-refractivity contribution is -0.141. The third kappa shape index (κ3) is 3.29. The third-order valence-electron chi connectivity index (χ3n) is 4.04. The van der Waals surface area contributed by atoms with E-state index >= 15 is 0 Å². The number of hydrogen-bond donors (Lipinski definition) is 1. The van der Waals surface area contributed by atoms with Crippen molar-refractivity contribution in [3.63, 3.8) is 0 Å². The molecule has 1 atom stereocenters. The Bertz CT molecular complexity index is 763. The average Bonchev–Trinajstić information content (AvgIpc) is 3.06. The van der Waals surface area contributed by atoms with Crippen LogP contribution < -0.4 is 5.32 Å². The summed E-state index contributed by atoms with van der Waals surface area (Å²) in [5.41, 5.74) is -0.352. The van der Waals surface area contributed by atoms with Gasteiger partial charge in [0.15, 0.2) is 11.6 Å². The number of imidazole rings is 1. The molecule has 1 aliphatic heterocycles. The van der Waals surface area contributed by atoms with Gasteiger partial charge in [-0.1, -0.05) is 0 Å². The summed E-state index contributed by atoms with van der Waals surface area (Å²) in [5, 5.41) is 2.76. The van der Waals surface area contributed by atoms with Gasteiger partial charge in [0, 0.05) is 32.6 Å². The van der Waals surface area contributed by atoms with Gasteiger partial charge in [0.05, 0.1) is 5.69 Å². The van der Waals surface area contributed by atoms with Crippen LogP contribution in [-0.2, 0) is 19.1 Å². The van der Waals surface area contributed by atoms with Gasteiger partial charge in [0.1, 0.15) is 5.82 Å². The largest absolute Gasteiger partial charge is 0.436 e. The number of carbonyl (C=O) groups excluding carboxylic acids is 1. The molecule has 6 nitrogen and oxygen atoms in total. The van der Waals surface area contributed by atoms with Crippen molar-refractivity contribution in [2.24, 2.45) is 5.92 Å². The van der Waals surface area contributed by atoms with Gasteiger partial charge < -0.3 is 14.3 Å². The summed E-state index contributed by atoms with van der Waals surface area (Å²) in [4.78, 5) is 19.8. The summed E-state index contributed by atoms with van der Waals surface area (Å²) >= 11 is 0. The van der Waals surface area contributed by atoms with Crippen molar-refractivity contribution in [3.8, 4) is 0 Å². The minimum Gasteiger partial charge on any atom is -0.436 e. The van der Waals surface area contributed by atoms with Crippen molar-refractivity contribution in [2.75, 3.05) is 6.54 Å². The molecule has 0 aliphatic carbocycles. The molecule has 2 aromatic rings. The van der Waals surface area contributed by atoms with E-state index in [1.54, 1.807) is 13.8 Å². The van der Waals surface area contributed by atoms with Crippen molar-refractivity contribution in [2.45, 2.75) is 39.4 Å². The predicted octanol–water partition coefficient (Wildman–Crippen LogP) is 2.50. The van der Waals surface area contributed by atoms with E-state index in [4.69, 9.17) is 4.42 Å². The molecule has 0 radical (unpaired) electrons. The lowest BCUT2D eigenvalue weighted by Crippen LogP contribution is -2.33. The minimum absolute atomic E-state index is 0.0426. The molecule has 9 heteroatoms. The summed E-state index contributed by atoms with van der Waals surface area (Å²) in [5.74, 6) is 0.706. The number of nitrogens with zero attached hydrogens (tertiary/aromatic N) is 3. The number of aryl methyl sites for hydroxylation is 3. The van der Waals surface area contributed by atoms with Crippen molar-refractivity contribution in [1.82, 2.24) is 19.9 Å². The van der Waals surface area contributed by atoms with E-state index in [2.05, 4.69) is 15.3 Å². The molecule has 0 aromatic carbocycles.